The maximum atomic E-state index is 13.5. The minimum absolute atomic E-state index is 0.0136. The lowest BCUT2D eigenvalue weighted by Crippen LogP contribution is -2.32. The lowest BCUT2D eigenvalue weighted by molar-refractivity contribution is -0.116. The Morgan fingerprint density at radius 3 is 2.26 bits per heavy atom. The SMILES string of the molecule is Cc1ccc(N=C2SC(CC(=O)c3ccc4c(c3)CCCC4)C(=O)N2c2ccc(C)cc2)cc1. The summed E-state index contributed by atoms with van der Waals surface area (Å²) in [5, 5.41) is 0.120. The van der Waals surface area contributed by atoms with Crippen molar-refractivity contribution in [1.29, 1.82) is 0 Å². The number of carbonyl (C=O) groups is 2. The van der Waals surface area contributed by atoms with Crippen molar-refractivity contribution < 1.29 is 9.59 Å². The molecule has 3 aromatic carbocycles. The number of thioether (sulfide) groups is 1. The van der Waals surface area contributed by atoms with Gasteiger partial charge in [0.15, 0.2) is 11.0 Å². The van der Waals surface area contributed by atoms with Crippen LogP contribution < -0.4 is 4.90 Å². The molecule has 1 aliphatic carbocycles. The van der Waals surface area contributed by atoms with Crippen molar-refractivity contribution in [2.24, 2.45) is 4.99 Å². The molecule has 1 atom stereocenters. The molecule has 0 aromatic heterocycles. The van der Waals surface area contributed by atoms with Crippen LogP contribution in [0, 0.1) is 13.8 Å². The number of amidine groups is 1. The Kier molecular flexibility index (Phi) is 6.38. The molecule has 0 spiro atoms. The van der Waals surface area contributed by atoms with Gasteiger partial charge in [0.1, 0.15) is 0 Å². The first-order valence-electron chi connectivity index (χ1n) is 11.9. The Hall–Kier alpha value is -3.18. The number of carbonyl (C=O) groups excluding carboxylic acids is 2. The van der Waals surface area contributed by atoms with Crippen LogP contribution in [0.2, 0.25) is 0 Å². The highest BCUT2D eigenvalue weighted by molar-refractivity contribution is 8.16. The van der Waals surface area contributed by atoms with Crippen molar-refractivity contribution >= 4 is 40.0 Å². The Balaban J connectivity index is 1.42. The number of Topliss-reactive ketones (excluding diaryl/α,β-unsaturated/α-hetero) is 1. The summed E-state index contributed by atoms with van der Waals surface area (Å²) in [5.41, 5.74) is 7.19. The van der Waals surface area contributed by atoms with Crippen LogP contribution in [0.4, 0.5) is 11.4 Å². The molecule has 4 nitrogen and oxygen atoms in total. The lowest BCUT2D eigenvalue weighted by Gasteiger charge is -2.17. The molecule has 2 aliphatic rings. The predicted octanol–water partition coefficient (Wildman–Crippen LogP) is 6.59. The summed E-state index contributed by atoms with van der Waals surface area (Å²) in [6.45, 7) is 4.05. The number of fused-ring (bicyclic) bond motifs is 1. The summed E-state index contributed by atoms with van der Waals surface area (Å²) in [7, 11) is 0. The molecule has 0 radical (unpaired) electrons. The van der Waals surface area contributed by atoms with Gasteiger partial charge in [-0.3, -0.25) is 14.5 Å². The molecule has 0 N–H and O–H groups in total. The molecule has 5 heteroatoms. The first-order valence-corrected chi connectivity index (χ1v) is 12.7. The fourth-order valence-corrected chi connectivity index (χ4v) is 5.68. The van der Waals surface area contributed by atoms with Gasteiger partial charge in [0, 0.05) is 12.0 Å². The number of ketones is 1. The maximum Gasteiger partial charge on any atom is 0.247 e. The number of amides is 1. The van der Waals surface area contributed by atoms with Gasteiger partial charge in [0.25, 0.3) is 0 Å². The normalized spacial score (nSPS) is 18.9. The Morgan fingerprint density at radius 2 is 1.56 bits per heavy atom. The van der Waals surface area contributed by atoms with Gasteiger partial charge < -0.3 is 0 Å². The van der Waals surface area contributed by atoms with Gasteiger partial charge >= 0.3 is 0 Å². The van der Waals surface area contributed by atoms with Crippen molar-refractivity contribution in [3.63, 3.8) is 0 Å². The summed E-state index contributed by atoms with van der Waals surface area (Å²) in [5.74, 6) is -0.0781. The van der Waals surface area contributed by atoms with Crippen LogP contribution >= 0.6 is 11.8 Å². The third-order valence-corrected chi connectivity index (χ3v) is 7.66. The number of anilines is 1. The van der Waals surface area contributed by atoms with Gasteiger partial charge in [-0.05, 0) is 81.0 Å². The highest BCUT2D eigenvalue weighted by Gasteiger charge is 2.40. The molecule has 1 aliphatic heterocycles. The van der Waals surface area contributed by atoms with Gasteiger partial charge in [0.2, 0.25) is 5.91 Å². The first kappa shape index (κ1) is 22.6. The molecule has 0 bridgehead atoms. The predicted molar refractivity (Wildman–Crippen MR) is 140 cm³/mol. The number of benzene rings is 3. The molecule has 5 rings (SSSR count). The second-order valence-corrected chi connectivity index (χ2v) is 10.3. The number of aliphatic imine (C=N–C) groups is 1. The van der Waals surface area contributed by atoms with E-state index in [0.29, 0.717) is 10.7 Å². The molecule has 3 aromatic rings. The average Bonchev–Trinajstić information content (AvgIpc) is 3.15. The van der Waals surface area contributed by atoms with Crippen LogP contribution in [0.15, 0.2) is 71.7 Å². The van der Waals surface area contributed by atoms with Crippen LogP contribution in [0.25, 0.3) is 0 Å². The van der Waals surface area contributed by atoms with Crippen LogP contribution in [-0.2, 0) is 17.6 Å². The van der Waals surface area contributed by atoms with E-state index in [-0.39, 0.29) is 18.1 Å². The van der Waals surface area contributed by atoms with Crippen LogP contribution in [0.5, 0.6) is 0 Å². The molecule has 1 unspecified atom stereocenters. The van der Waals surface area contributed by atoms with E-state index >= 15 is 0 Å². The van der Waals surface area contributed by atoms with Gasteiger partial charge in [-0.2, -0.15) is 0 Å². The van der Waals surface area contributed by atoms with Crippen LogP contribution in [-0.4, -0.2) is 22.1 Å². The number of hydrogen-bond donors (Lipinski definition) is 0. The summed E-state index contributed by atoms with van der Waals surface area (Å²) >= 11 is 1.38. The zero-order valence-electron chi connectivity index (χ0n) is 19.6. The molecule has 172 valence electrons. The molecule has 0 saturated carbocycles. The first-order chi connectivity index (χ1) is 16.5. The molecule has 1 amide bonds. The monoisotopic (exact) mass is 468 g/mol. The fourth-order valence-electron chi connectivity index (χ4n) is 4.53. The van der Waals surface area contributed by atoms with Gasteiger partial charge in [0.05, 0.1) is 16.6 Å². The number of rotatable bonds is 5. The summed E-state index contributed by atoms with van der Waals surface area (Å²) in [6, 6.07) is 21.8. The van der Waals surface area contributed by atoms with E-state index in [4.69, 9.17) is 4.99 Å². The van der Waals surface area contributed by atoms with E-state index in [1.54, 1.807) is 4.90 Å². The molecular weight excluding hydrogens is 440 g/mol. The largest absolute Gasteiger partial charge is 0.294 e. The number of nitrogens with zero attached hydrogens (tertiary/aromatic N) is 2. The van der Waals surface area contributed by atoms with Crippen molar-refractivity contribution in [1.82, 2.24) is 0 Å². The summed E-state index contributed by atoms with van der Waals surface area (Å²) in [4.78, 5) is 33.2. The standard InChI is InChI=1S/C29H28N2O2S/c1-19-7-13-24(14-8-19)30-29-31(25-15-9-20(2)10-16-25)28(33)27(34-29)18-26(32)23-12-11-21-5-3-4-6-22(21)17-23/h7-17,27H,3-6,18H2,1-2H3. The van der Waals surface area contributed by atoms with Gasteiger partial charge in [-0.25, -0.2) is 4.99 Å². The maximum absolute atomic E-state index is 13.5. The fraction of sp³-hybridized carbons (Fsp3) is 0.276. The van der Waals surface area contributed by atoms with Crippen LogP contribution in [0.1, 0.15) is 51.9 Å². The molecule has 1 fully saturated rings. The quantitative estimate of drug-likeness (QED) is 0.397. The zero-order valence-corrected chi connectivity index (χ0v) is 20.4. The van der Waals surface area contributed by atoms with Crippen molar-refractivity contribution in [2.45, 2.75) is 51.2 Å². The molecule has 1 saturated heterocycles. The van der Waals surface area contributed by atoms with E-state index in [0.717, 1.165) is 35.3 Å². The van der Waals surface area contributed by atoms with E-state index in [1.165, 1.54) is 35.7 Å². The minimum Gasteiger partial charge on any atom is -0.294 e. The Bertz CT molecular complexity index is 1260. The van der Waals surface area contributed by atoms with E-state index in [1.807, 2.05) is 74.5 Å². The third kappa shape index (κ3) is 4.71. The van der Waals surface area contributed by atoms with E-state index in [2.05, 4.69) is 6.07 Å². The Morgan fingerprint density at radius 1 is 0.912 bits per heavy atom. The second-order valence-electron chi connectivity index (χ2n) is 9.16. The summed E-state index contributed by atoms with van der Waals surface area (Å²) < 4.78 is 0. The minimum atomic E-state index is -0.492. The highest BCUT2D eigenvalue weighted by Crippen LogP contribution is 2.36. The topological polar surface area (TPSA) is 49.7 Å². The zero-order chi connectivity index (χ0) is 23.7. The second kappa shape index (κ2) is 9.59. The van der Waals surface area contributed by atoms with E-state index < -0.39 is 5.25 Å². The van der Waals surface area contributed by atoms with Crippen molar-refractivity contribution in [2.75, 3.05) is 4.90 Å². The Labute approximate surface area is 205 Å². The third-order valence-electron chi connectivity index (χ3n) is 6.53. The lowest BCUT2D eigenvalue weighted by atomic mass is 9.89. The average molecular weight is 469 g/mol. The van der Waals surface area contributed by atoms with Gasteiger partial charge in [-0.15, -0.1) is 0 Å². The molecule has 1 heterocycles. The van der Waals surface area contributed by atoms with E-state index in [9.17, 15) is 9.59 Å². The van der Waals surface area contributed by atoms with Crippen molar-refractivity contribution in [3.05, 3.63) is 94.5 Å². The smallest absolute Gasteiger partial charge is 0.247 e. The van der Waals surface area contributed by atoms with Gasteiger partial charge in [-0.1, -0.05) is 59.3 Å². The highest BCUT2D eigenvalue weighted by atomic mass is 32.2. The molecule has 34 heavy (non-hydrogen) atoms. The molecular formula is C29H28N2O2S. The summed E-state index contributed by atoms with van der Waals surface area (Å²) in [6.07, 6.45) is 4.67. The van der Waals surface area contributed by atoms with Crippen molar-refractivity contribution in [3.8, 4) is 0 Å². The van der Waals surface area contributed by atoms with Crippen LogP contribution in [0.3, 0.4) is 0 Å². The number of aryl methyl sites for hydroxylation is 4. The number of hydrogen-bond acceptors (Lipinski definition) is 4.